The van der Waals surface area contributed by atoms with Crippen LogP contribution in [0.5, 0.6) is 0 Å². The van der Waals surface area contributed by atoms with E-state index in [4.69, 9.17) is 28.9 Å². The Balaban J connectivity index is 2.33. The zero-order valence-corrected chi connectivity index (χ0v) is 12.1. The number of benzene rings is 2. The van der Waals surface area contributed by atoms with E-state index < -0.39 is 6.10 Å². The van der Waals surface area contributed by atoms with Gasteiger partial charge in [-0.25, -0.2) is 4.39 Å². The molecule has 0 radical (unpaired) electrons. The summed E-state index contributed by atoms with van der Waals surface area (Å²) in [7, 11) is 0. The standard InChI is InChI=1S/C15H14Cl2FNO/c16-10-3-6-12(14(17)7-10)13(8-19)15(20)9-1-4-11(18)5-2-9/h1-7,13,15,20H,8,19H2. The van der Waals surface area contributed by atoms with Crippen LogP contribution < -0.4 is 5.73 Å². The predicted octanol–water partition coefficient (Wildman–Crippen LogP) is 3.91. The highest BCUT2D eigenvalue weighted by molar-refractivity contribution is 6.35. The van der Waals surface area contributed by atoms with Gasteiger partial charge < -0.3 is 10.8 Å². The predicted molar refractivity (Wildman–Crippen MR) is 79.6 cm³/mol. The van der Waals surface area contributed by atoms with Gasteiger partial charge in [0.05, 0.1) is 6.10 Å². The van der Waals surface area contributed by atoms with Crippen molar-refractivity contribution in [2.45, 2.75) is 12.0 Å². The summed E-state index contributed by atoms with van der Waals surface area (Å²) in [6.45, 7) is 0.208. The van der Waals surface area contributed by atoms with Crippen LogP contribution in [0.25, 0.3) is 0 Å². The average molecular weight is 314 g/mol. The Morgan fingerprint density at radius 2 is 1.75 bits per heavy atom. The quantitative estimate of drug-likeness (QED) is 0.899. The van der Waals surface area contributed by atoms with Crippen LogP contribution in [-0.2, 0) is 0 Å². The molecule has 2 unspecified atom stereocenters. The maximum atomic E-state index is 12.9. The molecule has 0 spiro atoms. The Hall–Kier alpha value is -1.13. The summed E-state index contributed by atoms with van der Waals surface area (Å²) in [6, 6.07) is 10.7. The fourth-order valence-corrected chi connectivity index (χ4v) is 2.67. The third kappa shape index (κ3) is 3.30. The smallest absolute Gasteiger partial charge is 0.123 e. The van der Waals surface area contributed by atoms with Gasteiger partial charge in [-0.2, -0.15) is 0 Å². The molecule has 5 heteroatoms. The number of aliphatic hydroxyl groups excluding tert-OH is 1. The van der Waals surface area contributed by atoms with Crippen molar-refractivity contribution in [1.29, 1.82) is 0 Å². The molecule has 2 atom stereocenters. The molecule has 0 aliphatic rings. The monoisotopic (exact) mass is 313 g/mol. The van der Waals surface area contributed by atoms with Crippen molar-refractivity contribution in [2.75, 3.05) is 6.54 Å². The summed E-state index contributed by atoms with van der Waals surface area (Å²) in [5.41, 5.74) is 7.06. The molecular weight excluding hydrogens is 300 g/mol. The highest BCUT2D eigenvalue weighted by Gasteiger charge is 2.23. The Morgan fingerprint density at radius 3 is 2.30 bits per heavy atom. The van der Waals surface area contributed by atoms with Crippen molar-refractivity contribution in [3.63, 3.8) is 0 Å². The molecule has 106 valence electrons. The van der Waals surface area contributed by atoms with E-state index >= 15 is 0 Å². The molecule has 0 heterocycles. The molecule has 0 aromatic heterocycles. The van der Waals surface area contributed by atoms with Crippen LogP contribution in [-0.4, -0.2) is 11.7 Å². The minimum Gasteiger partial charge on any atom is -0.388 e. The fourth-order valence-electron chi connectivity index (χ4n) is 2.12. The molecule has 0 bridgehead atoms. The summed E-state index contributed by atoms with van der Waals surface area (Å²) >= 11 is 12.0. The molecule has 0 saturated carbocycles. The lowest BCUT2D eigenvalue weighted by Gasteiger charge is -2.23. The molecule has 0 amide bonds. The molecule has 20 heavy (non-hydrogen) atoms. The molecule has 0 fully saturated rings. The zero-order chi connectivity index (χ0) is 14.7. The van der Waals surface area contributed by atoms with E-state index in [1.54, 1.807) is 18.2 Å². The van der Waals surface area contributed by atoms with Gasteiger partial charge in [-0.3, -0.25) is 0 Å². The van der Waals surface area contributed by atoms with Crippen molar-refractivity contribution in [2.24, 2.45) is 5.73 Å². The molecular formula is C15H14Cl2FNO. The maximum absolute atomic E-state index is 12.9. The molecule has 2 aromatic rings. The van der Waals surface area contributed by atoms with Crippen LogP contribution in [0.4, 0.5) is 4.39 Å². The summed E-state index contributed by atoms with van der Waals surface area (Å²) in [6.07, 6.45) is -0.862. The second-order valence-electron chi connectivity index (χ2n) is 4.50. The molecule has 2 rings (SSSR count). The number of halogens is 3. The van der Waals surface area contributed by atoms with Gasteiger partial charge in [-0.05, 0) is 35.4 Å². The lowest BCUT2D eigenvalue weighted by molar-refractivity contribution is 0.147. The van der Waals surface area contributed by atoms with Gasteiger partial charge in [0.15, 0.2) is 0 Å². The SMILES string of the molecule is NCC(c1ccc(Cl)cc1Cl)C(O)c1ccc(F)cc1. The summed E-state index contributed by atoms with van der Waals surface area (Å²) in [5, 5.41) is 11.4. The fraction of sp³-hybridized carbons (Fsp3) is 0.200. The molecule has 0 aliphatic heterocycles. The first-order chi connectivity index (χ1) is 9.52. The number of hydrogen-bond donors (Lipinski definition) is 2. The van der Waals surface area contributed by atoms with E-state index in [0.29, 0.717) is 15.6 Å². The van der Waals surface area contributed by atoms with Gasteiger partial charge in [0.1, 0.15) is 5.82 Å². The first kappa shape index (κ1) is 15.3. The second kappa shape index (κ2) is 6.55. The maximum Gasteiger partial charge on any atom is 0.123 e. The van der Waals surface area contributed by atoms with Crippen LogP contribution >= 0.6 is 23.2 Å². The van der Waals surface area contributed by atoms with E-state index in [1.165, 1.54) is 24.3 Å². The third-order valence-corrected chi connectivity index (χ3v) is 3.77. The Morgan fingerprint density at radius 1 is 1.10 bits per heavy atom. The minimum atomic E-state index is -0.862. The molecule has 3 N–H and O–H groups in total. The third-order valence-electron chi connectivity index (χ3n) is 3.21. The van der Waals surface area contributed by atoms with Crippen LogP contribution in [0.1, 0.15) is 23.1 Å². The van der Waals surface area contributed by atoms with Crippen molar-refractivity contribution < 1.29 is 9.50 Å². The number of aliphatic hydroxyl groups is 1. The summed E-state index contributed by atoms with van der Waals surface area (Å²) in [5.74, 6) is -0.736. The van der Waals surface area contributed by atoms with Crippen LogP contribution in [0, 0.1) is 5.82 Å². The van der Waals surface area contributed by atoms with Crippen molar-refractivity contribution >= 4 is 23.2 Å². The molecule has 0 aliphatic carbocycles. The van der Waals surface area contributed by atoms with Gasteiger partial charge in [0.2, 0.25) is 0 Å². The van der Waals surface area contributed by atoms with E-state index in [2.05, 4.69) is 0 Å². The Bertz CT molecular complexity index is 589. The number of nitrogens with two attached hydrogens (primary N) is 1. The average Bonchev–Trinajstić information content (AvgIpc) is 2.42. The van der Waals surface area contributed by atoms with E-state index in [0.717, 1.165) is 5.56 Å². The van der Waals surface area contributed by atoms with Crippen molar-refractivity contribution in [3.05, 3.63) is 69.5 Å². The van der Waals surface area contributed by atoms with Gasteiger partial charge in [0.25, 0.3) is 0 Å². The largest absolute Gasteiger partial charge is 0.388 e. The van der Waals surface area contributed by atoms with Crippen LogP contribution in [0.3, 0.4) is 0 Å². The molecule has 2 aromatic carbocycles. The number of rotatable bonds is 4. The first-order valence-corrected chi connectivity index (χ1v) is 6.87. The number of hydrogen-bond acceptors (Lipinski definition) is 2. The van der Waals surface area contributed by atoms with Gasteiger partial charge >= 0.3 is 0 Å². The molecule has 0 saturated heterocycles. The van der Waals surface area contributed by atoms with Crippen LogP contribution in [0.2, 0.25) is 10.0 Å². The Labute approximate surface area is 126 Å². The zero-order valence-electron chi connectivity index (χ0n) is 10.6. The highest BCUT2D eigenvalue weighted by Crippen LogP contribution is 2.35. The van der Waals surface area contributed by atoms with E-state index in [9.17, 15) is 9.50 Å². The van der Waals surface area contributed by atoms with E-state index in [1.807, 2.05) is 0 Å². The molecule has 2 nitrogen and oxygen atoms in total. The van der Waals surface area contributed by atoms with Crippen LogP contribution in [0.15, 0.2) is 42.5 Å². The van der Waals surface area contributed by atoms with E-state index in [-0.39, 0.29) is 18.3 Å². The highest BCUT2D eigenvalue weighted by atomic mass is 35.5. The van der Waals surface area contributed by atoms with Crippen molar-refractivity contribution in [3.8, 4) is 0 Å². The van der Waals surface area contributed by atoms with Crippen molar-refractivity contribution in [1.82, 2.24) is 0 Å². The topological polar surface area (TPSA) is 46.2 Å². The summed E-state index contributed by atoms with van der Waals surface area (Å²) in [4.78, 5) is 0. The minimum absolute atomic E-state index is 0.208. The normalized spacial score (nSPS) is 14.1. The summed E-state index contributed by atoms with van der Waals surface area (Å²) < 4.78 is 12.9. The van der Waals surface area contributed by atoms with Gasteiger partial charge in [0, 0.05) is 22.5 Å². The lowest BCUT2D eigenvalue weighted by Crippen LogP contribution is -2.20. The van der Waals surface area contributed by atoms with Gasteiger partial charge in [-0.1, -0.05) is 41.4 Å². The first-order valence-electron chi connectivity index (χ1n) is 6.11. The second-order valence-corrected chi connectivity index (χ2v) is 5.35. The van der Waals surface area contributed by atoms with Gasteiger partial charge in [-0.15, -0.1) is 0 Å². The lowest BCUT2D eigenvalue weighted by atomic mass is 9.89. The Kier molecular flexibility index (Phi) is 5.00.